The fourth-order valence-electron chi connectivity index (χ4n) is 1.07. The van der Waals surface area contributed by atoms with Gasteiger partial charge < -0.3 is 4.74 Å². The number of halogens is 1. The van der Waals surface area contributed by atoms with Gasteiger partial charge in [-0.3, -0.25) is 10.1 Å². The van der Waals surface area contributed by atoms with E-state index in [1.54, 1.807) is 13.8 Å². The molecule has 0 bridgehead atoms. The molecule has 0 radical (unpaired) electrons. The summed E-state index contributed by atoms with van der Waals surface area (Å²) in [6.45, 7) is 3.52. The van der Waals surface area contributed by atoms with E-state index in [1.165, 1.54) is 0 Å². The van der Waals surface area contributed by atoms with Crippen LogP contribution >= 0.6 is 33.9 Å². The van der Waals surface area contributed by atoms with Crippen LogP contribution in [-0.4, -0.2) is 17.5 Å². The Morgan fingerprint density at radius 1 is 1.67 bits per heavy atom. The first-order valence-electron chi connectivity index (χ1n) is 4.09. The Bertz CT molecular complexity index is 415. The minimum Gasteiger partial charge on any atom is -0.462 e. The average Bonchev–Trinajstić information content (AvgIpc) is 2.42. The Morgan fingerprint density at radius 3 is 2.67 bits per heavy atom. The highest BCUT2D eigenvalue weighted by molar-refractivity contribution is 14.1. The number of nitro groups is 1. The van der Waals surface area contributed by atoms with Crippen LogP contribution in [0.5, 0.6) is 0 Å². The van der Waals surface area contributed by atoms with Crippen molar-refractivity contribution in [3.05, 3.63) is 23.4 Å². The van der Waals surface area contributed by atoms with Gasteiger partial charge in [0.2, 0.25) is 0 Å². The Labute approximate surface area is 104 Å². The third-order valence-corrected chi connectivity index (χ3v) is 3.94. The van der Waals surface area contributed by atoms with E-state index < -0.39 is 10.9 Å². The Hall–Kier alpha value is -0.700. The minimum absolute atomic E-state index is 0.00338. The van der Waals surface area contributed by atoms with Crippen molar-refractivity contribution in [3.63, 3.8) is 0 Å². The fourth-order valence-corrected chi connectivity index (χ4v) is 3.23. The normalized spacial score (nSPS) is 10.1. The van der Waals surface area contributed by atoms with Crippen LogP contribution in [0.15, 0.2) is 0 Å². The van der Waals surface area contributed by atoms with E-state index in [2.05, 4.69) is 0 Å². The lowest BCUT2D eigenvalue weighted by Crippen LogP contribution is -2.04. The number of nitrogens with zero attached hydrogens (tertiary/aromatic N) is 1. The number of hydrogen-bond donors (Lipinski definition) is 0. The number of ether oxygens (including phenoxy) is 1. The third kappa shape index (κ3) is 2.46. The van der Waals surface area contributed by atoms with Crippen molar-refractivity contribution in [2.75, 3.05) is 6.61 Å². The molecule has 1 rings (SSSR count). The van der Waals surface area contributed by atoms with Gasteiger partial charge in [0.05, 0.1) is 17.1 Å². The van der Waals surface area contributed by atoms with Crippen LogP contribution in [0.3, 0.4) is 0 Å². The molecule has 0 saturated heterocycles. The van der Waals surface area contributed by atoms with Crippen LogP contribution in [0.4, 0.5) is 5.69 Å². The van der Waals surface area contributed by atoms with E-state index in [4.69, 9.17) is 4.74 Å². The van der Waals surface area contributed by atoms with E-state index in [-0.39, 0.29) is 12.3 Å². The van der Waals surface area contributed by atoms with Gasteiger partial charge in [-0.05, 0) is 36.4 Å². The summed E-state index contributed by atoms with van der Waals surface area (Å²) in [4.78, 5) is 21.9. The first kappa shape index (κ1) is 12.4. The number of carbonyl (C=O) groups is 1. The van der Waals surface area contributed by atoms with Gasteiger partial charge in [0.25, 0.3) is 5.69 Å². The number of carbonyl (C=O) groups excluding carboxylic acids is 1. The molecule has 0 aliphatic heterocycles. The first-order chi connectivity index (χ1) is 6.99. The highest BCUT2D eigenvalue weighted by Crippen LogP contribution is 2.35. The van der Waals surface area contributed by atoms with Gasteiger partial charge in [-0.15, -0.1) is 11.3 Å². The summed E-state index contributed by atoms with van der Waals surface area (Å²) in [6.07, 6.45) is 0. The quantitative estimate of drug-likeness (QED) is 0.367. The van der Waals surface area contributed by atoms with E-state index in [9.17, 15) is 14.9 Å². The van der Waals surface area contributed by atoms with Crippen molar-refractivity contribution in [3.8, 4) is 0 Å². The third-order valence-electron chi connectivity index (χ3n) is 1.72. The van der Waals surface area contributed by atoms with Crippen LogP contribution in [0.1, 0.15) is 22.2 Å². The molecule has 15 heavy (non-hydrogen) atoms. The van der Waals surface area contributed by atoms with Gasteiger partial charge in [0.1, 0.15) is 7.76 Å². The minimum atomic E-state index is -0.494. The molecule has 0 spiro atoms. The Balaban J connectivity index is 3.17. The van der Waals surface area contributed by atoms with Gasteiger partial charge in [-0.2, -0.15) is 0 Å². The molecule has 0 aromatic carbocycles. The lowest BCUT2D eigenvalue weighted by Gasteiger charge is -1.98. The zero-order valence-corrected chi connectivity index (χ0v) is 11.0. The summed E-state index contributed by atoms with van der Waals surface area (Å²) in [6, 6.07) is 0. The van der Waals surface area contributed by atoms with Gasteiger partial charge in [0, 0.05) is 0 Å². The number of esters is 1. The predicted molar refractivity (Wildman–Crippen MR) is 64.4 cm³/mol. The zero-order valence-electron chi connectivity index (χ0n) is 8.07. The molecule has 0 saturated carbocycles. The van der Waals surface area contributed by atoms with Crippen molar-refractivity contribution < 1.29 is 14.5 Å². The summed E-state index contributed by atoms with van der Waals surface area (Å²) in [7, 11) is 0. The van der Waals surface area contributed by atoms with E-state index in [0.717, 1.165) is 11.3 Å². The molecule has 7 heteroatoms. The fraction of sp³-hybridized carbons (Fsp3) is 0.375. The molecule has 5 nitrogen and oxygen atoms in total. The molecule has 1 aromatic heterocycles. The molecule has 0 aliphatic rings. The molecule has 0 unspecified atom stereocenters. The number of hydrogen-bond acceptors (Lipinski definition) is 5. The van der Waals surface area contributed by atoms with Crippen molar-refractivity contribution in [1.82, 2.24) is 0 Å². The molecule has 82 valence electrons. The van der Waals surface area contributed by atoms with Crippen molar-refractivity contribution in [1.29, 1.82) is 0 Å². The average molecular weight is 341 g/mol. The standard InChI is InChI=1S/C8H8INO4S/c1-3-14-8(11)6-4(2)5(10(12)13)7(9)15-6/h3H2,1-2H3. The van der Waals surface area contributed by atoms with E-state index >= 15 is 0 Å². The molecular weight excluding hydrogens is 333 g/mol. The molecule has 1 aromatic rings. The highest BCUT2D eigenvalue weighted by Gasteiger charge is 2.26. The molecular formula is C8H8INO4S. The Morgan fingerprint density at radius 2 is 2.27 bits per heavy atom. The molecule has 0 N–H and O–H groups in total. The van der Waals surface area contributed by atoms with Crippen molar-refractivity contribution in [2.24, 2.45) is 0 Å². The van der Waals surface area contributed by atoms with Crippen LogP contribution in [0.25, 0.3) is 0 Å². The van der Waals surface area contributed by atoms with Gasteiger partial charge in [-0.25, -0.2) is 4.79 Å². The second-order valence-electron chi connectivity index (χ2n) is 2.66. The van der Waals surface area contributed by atoms with Gasteiger partial charge in [0.15, 0.2) is 0 Å². The molecule has 1 heterocycles. The molecule has 0 amide bonds. The number of rotatable bonds is 3. The monoisotopic (exact) mass is 341 g/mol. The predicted octanol–water partition coefficient (Wildman–Crippen LogP) is 2.75. The first-order valence-corrected chi connectivity index (χ1v) is 5.99. The Kier molecular flexibility index (Phi) is 4.03. The lowest BCUT2D eigenvalue weighted by atomic mass is 10.2. The molecule has 0 fully saturated rings. The van der Waals surface area contributed by atoms with Crippen LogP contribution < -0.4 is 0 Å². The maximum absolute atomic E-state index is 11.4. The molecule has 0 atom stereocenters. The lowest BCUT2D eigenvalue weighted by molar-refractivity contribution is -0.385. The summed E-state index contributed by atoms with van der Waals surface area (Å²) in [5, 5.41) is 10.7. The second-order valence-corrected chi connectivity index (χ2v) is 5.49. The second kappa shape index (κ2) is 4.88. The van der Waals surface area contributed by atoms with Crippen molar-refractivity contribution >= 4 is 45.6 Å². The topological polar surface area (TPSA) is 69.4 Å². The zero-order chi connectivity index (χ0) is 11.6. The van der Waals surface area contributed by atoms with Gasteiger partial charge in [-0.1, -0.05) is 0 Å². The molecule has 0 aliphatic carbocycles. The van der Waals surface area contributed by atoms with E-state index in [1.807, 2.05) is 22.6 Å². The highest BCUT2D eigenvalue weighted by atomic mass is 127. The summed E-state index contributed by atoms with van der Waals surface area (Å²) < 4.78 is 5.30. The van der Waals surface area contributed by atoms with Crippen LogP contribution in [0.2, 0.25) is 0 Å². The van der Waals surface area contributed by atoms with Gasteiger partial charge >= 0.3 is 5.97 Å². The SMILES string of the molecule is CCOC(=O)c1sc(I)c([N+](=O)[O-])c1C. The maximum atomic E-state index is 11.4. The maximum Gasteiger partial charge on any atom is 0.348 e. The number of thiophene rings is 1. The van der Waals surface area contributed by atoms with Crippen molar-refractivity contribution in [2.45, 2.75) is 13.8 Å². The summed E-state index contributed by atoms with van der Waals surface area (Å²) in [5.41, 5.74) is 0.386. The summed E-state index contributed by atoms with van der Waals surface area (Å²) in [5.74, 6) is -0.494. The van der Waals surface area contributed by atoms with Crippen LogP contribution in [0, 0.1) is 19.9 Å². The smallest absolute Gasteiger partial charge is 0.348 e. The van der Waals surface area contributed by atoms with Crippen LogP contribution in [-0.2, 0) is 4.74 Å². The van der Waals surface area contributed by atoms with E-state index in [0.29, 0.717) is 13.3 Å². The largest absolute Gasteiger partial charge is 0.462 e. The summed E-state index contributed by atoms with van der Waals surface area (Å²) >= 11 is 2.94.